The molecule has 2 aromatic rings. The van der Waals surface area contributed by atoms with Crippen LogP contribution in [0.3, 0.4) is 0 Å². The first kappa shape index (κ1) is 12.2. The molecule has 0 aliphatic rings. The van der Waals surface area contributed by atoms with Gasteiger partial charge in [0.25, 0.3) is 0 Å². The molecule has 0 atom stereocenters. The van der Waals surface area contributed by atoms with Gasteiger partial charge in [-0.1, -0.05) is 43.0 Å². The highest BCUT2D eigenvalue weighted by atomic mass is 16.5. The smallest absolute Gasteiger partial charge is 0.119 e. The lowest BCUT2D eigenvalue weighted by atomic mass is 10.3. The second-order valence-electron chi connectivity index (χ2n) is 3.95. The largest absolute Gasteiger partial charge is 0.489 e. The van der Waals surface area contributed by atoms with Gasteiger partial charge in [0, 0.05) is 0 Å². The molecule has 0 spiro atoms. The summed E-state index contributed by atoms with van der Waals surface area (Å²) in [5.41, 5.74) is 0.905. The molecule has 2 heteroatoms. The molecule has 0 aliphatic carbocycles. The average Bonchev–Trinajstić information content (AvgIpc) is 2.45. The molecular weight excluding hydrogens is 224 g/mol. The Morgan fingerprint density at radius 3 is 1.50 bits per heavy atom. The molecule has 2 nitrogen and oxygen atoms in total. The predicted octanol–water partition coefficient (Wildman–Crippen LogP) is 3.70. The van der Waals surface area contributed by atoms with Crippen molar-refractivity contribution in [1.29, 1.82) is 0 Å². The van der Waals surface area contributed by atoms with Crippen LogP contribution in [0.4, 0.5) is 0 Å². The Morgan fingerprint density at radius 2 is 1.11 bits per heavy atom. The van der Waals surface area contributed by atoms with Crippen molar-refractivity contribution in [3.8, 4) is 11.5 Å². The van der Waals surface area contributed by atoms with E-state index in [1.165, 1.54) is 0 Å². The lowest BCUT2D eigenvalue weighted by Crippen LogP contribution is -2.08. The second kappa shape index (κ2) is 6.50. The molecule has 0 N–H and O–H groups in total. The van der Waals surface area contributed by atoms with Crippen LogP contribution in [0, 0.1) is 0 Å². The molecule has 2 aromatic carbocycles. The van der Waals surface area contributed by atoms with Crippen molar-refractivity contribution in [3.63, 3.8) is 0 Å². The van der Waals surface area contributed by atoms with Crippen LogP contribution < -0.4 is 9.47 Å². The standard InChI is InChI=1S/C16H16O2/c1-14(12-17-15-8-4-2-5-9-15)13-18-16-10-6-3-7-11-16/h2-11H,1,12-13H2. The zero-order chi connectivity index (χ0) is 12.6. The summed E-state index contributed by atoms with van der Waals surface area (Å²) in [7, 11) is 0. The van der Waals surface area contributed by atoms with Crippen molar-refractivity contribution >= 4 is 0 Å². The van der Waals surface area contributed by atoms with Gasteiger partial charge in [-0.25, -0.2) is 0 Å². The zero-order valence-corrected chi connectivity index (χ0v) is 10.2. The van der Waals surface area contributed by atoms with E-state index in [0.717, 1.165) is 17.1 Å². The van der Waals surface area contributed by atoms with Crippen LogP contribution in [0.15, 0.2) is 72.8 Å². The molecule has 0 unspecified atom stereocenters. The van der Waals surface area contributed by atoms with E-state index in [-0.39, 0.29) is 0 Å². The Labute approximate surface area is 107 Å². The van der Waals surface area contributed by atoms with Gasteiger partial charge in [0.15, 0.2) is 0 Å². The fourth-order valence-corrected chi connectivity index (χ4v) is 1.45. The topological polar surface area (TPSA) is 18.5 Å². The third-order valence-corrected chi connectivity index (χ3v) is 2.37. The van der Waals surface area contributed by atoms with Crippen LogP contribution in [-0.2, 0) is 0 Å². The first-order valence-corrected chi connectivity index (χ1v) is 5.87. The predicted molar refractivity (Wildman–Crippen MR) is 73.0 cm³/mol. The van der Waals surface area contributed by atoms with E-state index >= 15 is 0 Å². The maximum Gasteiger partial charge on any atom is 0.119 e. The van der Waals surface area contributed by atoms with Crippen molar-refractivity contribution in [1.82, 2.24) is 0 Å². The van der Waals surface area contributed by atoms with Gasteiger partial charge in [0.05, 0.1) is 0 Å². The lowest BCUT2D eigenvalue weighted by Gasteiger charge is -2.10. The summed E-state index contributed by atoms with van der Waals surface area (Å²) in [6.07, 6.45) is 0. The Bertz CT molecular complexity index is 431. The Hall–Kier alpha value is -2.22. The van der Waals surface area contributed by atoms with Gasteiger partial charge in [-0.2, -0.15) is 0 Å². The molecule has 0 bridgehead atoms. The summed E-state index contributed by atoms with van der Waals surface area (Å²) in [4.78, 5) is 0. The minimum atomic E-state index is 0.469. The fraction of sp³-hybridized carbons (Fsp3) is 0.125. The van der Waals surface area contributed by atoms with Gasteiger partial charge in [-0.3, -0.25) is 0 Å². The first-order chi connectivity index (χ1) is 8.84. The summed E-state index contributed by atoms with van der Waals surface area (Å²) in [5, 5.41) is 0. The minimum absolute atomic E-state index is 0.469. The van der Waals surface area contributed by atoms with E-state index in [4.69, 9.17) is 9.47 Å². The van der Waals surface area contributed by atoms with Crippen molar-refractivity contribution in [2.75, 3.05) is 13.2 Å². The van der Waals surface area contributed by atoms with Gasteiger partial charge in [-0.15, -0.1) is 0 Å². The summed E-state index contributed by atoms with van der Waals surface area (Å²) in [6.45, 7) is 4.87. The van der Waals surface area contributed by atoms with E-state index in [2.05, 4.69) is 6.58 Å². The van der Waals surface area contributed by atoms with Crippen LogP contribution in [0.5, 0.6) is 11.5 Å². The monoisotopic (exact) mass is 240 g/mol. The molecule has 0 fully saturated rings. The van der Waals surface area contributed by atoms with Crippen molar-refractivity contribution in [3.05, 3.63) is 72.8 Å². The van der Waals surface area contributed by atoms with E-state index in [1.54, 1.807) is 0 Å². The number of hydrogen-bond donors (Lipinski definition) is 0. The summed E-state index contributed by atoms with van der Waals surface area (Å²) < 4.78 is 11.2. The quantitative estimate of drug-likeness (QED) is 0.717. The molecule has 0 saturated heterocycles. The average molecular weight is 240 g/mol. The van der Waals surface area contributed by atoms with Crippen molar-refractivity contribution < 1.29 is 9.47 Å². The SMILES string of the molecule is C=C(COc1ccccc1)COc1ccccc1. The molecule has 92 valence electrons. The minimum Gasteiger partial charge on any atom is -0.489 e. The maximum atomic E-state index is 5.58. The van der Waals surface area contributed by atoms with Crippen LogP contribution in [0.25, 0.3) is 0 Å². The zero-order valence-electron chi connectivity index (χ0n) is 10.2. The van der Waals surface area contributed by atoms with Gasteiger partial charge in [-0.05, 0) is 29.8 Å². The third-order valence-electron chi connectivity index (χ3n) is 2.37. The van der Waals surface area contributed by atoms with Crippen LogP contribution >= 0.6 is 0 Å². The number of benzene rings is 2. The Morgan fingerprint density at radius 1 is 0.722 bits per heavy atom. The first-order valence-electron chi connectivity index (χ1n) is 5.87. The van der Waals surface area contributed by atoms with Crippen molar-refractivity contribution in [2.45, 2.75) is 0 Å². The Kier molecular flexibility index (Phi) is 4.42. The highest BCUT2D eigenvalue weighted by molar-refractivity contribution is 5.23. The van der Waals surface area contributed by atoms with Gasteiger partial charge in [0.1, 0.15) is 24.7 Å². The number of ether oxygens (including phenoxy) is 2. The molecule has 0 aliphatic heterocycles. The summed E-state index contributed by atoms with van der Waals surface area (Å²) in [6, 6.07) is 19.4. The maximum absolute atomic E-state index is 5.58. The van der Waals surface area contributed by atoms with E-state index in [1.807, 2.05) is 60.7 Å². The number of hydrogen-bond acceptors (Lipinski definition) is 2. The van der Waals surface area contributed by atoms with E-state index in [9.17, 15) is 0 Å². The van der Waals surface area contributed by atoms with Crippen LogP contribution in [0.2, 0.25) is 0 Å². The molecule has 0 heterocycles. The van der Waals surface area contributed by atoms with Gasteiger partial charge < -0.3 is 9.47 Å². The third kappa shape index (κ3) is 3.98. The van der Waals surface area contributed by atoms with E-state index < -0.39 is 0 Å². The number of para-hydroxylation sites is 2. The molecule has 0 amide bonds. The van der Waals surface area contributed by atoms with Gasteiger partial charge in [0.2, 0.25) is 0 Å². The van der Waals surface area contributed by atoms with Crippen molar-refractivity contribution in [2.24, 2.45) is 0 Å². The number of rotatable bonds is 6. The Balaban J connectivity index is 1.73. The second-order valence-corrected chi connectivity index (χ2v) is 3.95. The molecule has 2 rings (SSSR count). The molecule has 0 aromatic heterocycles. The highest BCUT2D eigenvalue weighted by Crippen LogP contribution is 2.11. The molecule has 0 saturated carbocycles. The highest BCUT2D eigenvalue weighted by Gasteiger charge is 1.98. The summed E-state index contributed by atoms with van der Waals surface area (Å²) >= 11 is 0. The molecule has 0 radical (unpaired) electrons. The summed E-state index contributed by atoms with van der Waals surface area (Å²) in [5.74, 6) is 1.69. The molecule has 18 heavy (non-hydrogen) atoms. The van der Waals surface area contributed by atoms with Crippen LogP contribution in [-0.4, -0.2) is 13.2 Å². The van der Waals surface area contributed by atoms with E-state index in [0.29, 0.717) is 13.2 Å². The lowest BCUT2D eigenvalue weighted by molar-refractivity contribution is 0.301. The molecular formula is C16H16O2. The van der Waals surface area contributed by atoms with Gasteiger partial charge >= 0.3 is 0 Å². The fourth-order valence-electron chi connectivity index (χ4n) is 1.45. The normalized spacial score (nSPS) is 9.78. The van der Waals surface area contributed by atoms with Crippen LogP contribution in [0.1, 0.15) is 0 Å².